The zero-order chi connectivity index (χ0) is 4.28. The van der Waals surface area contributed by atoms with Gasteiger partial charge in [0.1, 0.15) is 0 Å². The molecule has 0 saturated carbocycles. The first kappa shape index (κ1) is 9.67. The van der Waals surface area contributed by atoms with Gasteiger partial charge in [-0.2, -0.15) is 0 Å². The molecule has 0 aliphatic heterocycles. The monoisotopic (exact) mass is 150 g/mol. The second-order valence-electron chi connectivity index (χ2n) is 1.55. The Labute approximate surface area is 47.8 Å². The van der Waals surface area contributed by atoms with Crippen molar-refractivity contribution >= 4 is 15.9 Å². The third-order valence-corrected chi connectivity index (χ3v) is 1.60. The molecular weight excluding hydrogens is 142 g/mol. The van der Waals surface area contributed by atoms with E-state index in [2.05, 4.69) is 29.8 Å². The number of nitrogens with zero attached hydrogens (tertiary/aromatic N) is 1. The third kappa shape index (κ3) is 8.83. The number of hydrogen-bond acceptors (Lipinski definition) is 0. The van der Waals surface area contributed by atoms with Gasteiger partial charge in [0.15, 0.2) is 0 Å². The van der Waals surface area contributed by atoms with E-state index < -0.39 is 0 Å². The van der Waals surface area contributed by atoms with Crippen molar-refractivity contribution in [3.05, 3.63) is 0 Å². The van der Waals surface area contributed by atoms with E-state index in [0.717, 1.165) is 11.2 Å². The van der Waals surface area contributed by atoms with Crippen molar-refractivity contribution in [3.63, 3.8) is 0 Å². The minimum Gasteiger partial charge on any atom is -0.0925 e. The van der Waals surface area contributed by atoms with Gasteiger partial charge in [-0.15, -0.1) is 0 Å². The fraction of sp³-hybridized carbons (Fsp3) is 1.00. The average molecular weight is 151 g/mol. The SMILES string of the molecule is CC(C)CBr.[N]. The van der Waals surface area contributed by atoms with E-state index in [1.54, 1.807) is 0 Å². The van der Waals surface area contributed by atoms with Gasteiger partial charge < -0.3 is 0 Å². The molecule has 2 heteroatoms. The lowest BCUT2D eigenvalue weighted by Crippen LogP contribution is -1.82. The molecule has 0 saturated heterocycles. The molecule has 0 spiro atoms. The first-order chi connectivity index (χ1) is 2.27. The van der Waals surface area contributed by atoms with Crippen molar-refractivity contribution in [2.75, 3.05) is 5.33 Å². The first-order valence-electron chi connectivity index (χ1n) is 1.83. The van der Waals surface area contributed by atoms with Crippen LogP contribution in [0, 0.1) is 5.92 Å². The Kier molecular flexibility index (Phi) is 8.77. The largest absolute Gasteiger partial charge is 0.0925 e. The molecule has 0 aliphatic rings. The zero-order valence-corrected chi connectivity index (χ0v) is 5.70. The molecule has 0 fully saturated rings. The predicted molar refractivity (Wildman–Crippen MR) is 30.8 cm³/mol. The van der Waals surface area contributed by atoms with Crippen LogP contribution in [0.2, 0.25) is 0 Å². The first-order valence-corrected chi connectivity index (χ1v) is 2.95. The smallest absolute Gasteiger partial charge is 0.00544 e. The summed E-state index contributed by atoms with van der Waals surface area (Å²) in [5, 5.41) is 1.12. The Bertz CT molecular complexity index is 21.5. The van der Waals surface area contributed by atoms with Crippen molar-refractivity contribution in [1.82, 2.24) is 6.15 Å². The van der Waals surface area contributed by atoms with Crippen LogP contribution in [0.1, 0.15) is 13.8 Å². The van der Waals surface area contributed by atoms with Crippen LogP contribution >= 0.6 is 15.9 Å². The van der Waals surface area contributed by atoms with Crippen LogP contribution in [-0.4, -0.2) is 5.33 Å². The van der Waals surface area contributed by atoms with Gasteiger partial charge >= 0.3 is 0 Å². The summed E-state index contributed by atoms with van der Waals surface area (Å²) in [6, 6.07) is 0. The van der Waals surface area contributed by atoms with Gasteiger partial charge in [0.2, 0.25) is 0 Å². The van der Waals surface area contributed by atoms with Crippen molar-refractivity contribution in [1.29, 1.82) is 0 Å². The number of alkyl halides is 1. The molecule has 0 aromatic heterocycles. The molecule has 1 nitrogen and oxygen atoms in total. The topological polar surface area (TPSA) is 30.5 Å². The summed E-state index contributed by atoms with van der Waals surface area (Å²) in [6.45, 7) is 4.35. The van der Waals surface area contributed by atoms with E-state index in [4.69, 9.17) is 0 Å². The van der Waals surface area contributed by atoms with Crippen LogP contribution in [0.4, 0.5) is 0 Å². The highest BCUT2D eigenvalue weighted by atomic mass is 79.9. The van der Waals surface area contributed by atoms with E-state index in [1.165, 1.54) is 0 Å². The molecule has 6 heavy (non-hydrogen) atoms. The summed E-state index contributed by atoms with van der Waals surface area (Å²) in [5.74, 6) is 0.801. The van der Waals surface area contributed by atoms with E-state index in [1.807, 2.05) is 0 Å². The number of halogens is 1. The van der Waals surface area contributed by atoms with Gasteiger partial charge in [-0.25, -0.2) is 0 Å². The maximum atomic E-state index is 3.31. The maximum Gasteiger partial charge on any atom is 0.00544 e. The number of rotatable bonds is 1. The summed E-state index contributed by atoms with van der Waals surface area (Å²) >= 11 is 3.31. The molecule has 0 N–H and O–H groups in total. The van der Waals surface area contributed by atoms with E-state index in [9.17, 15) is 0 Å². The van der Waals surface area contributed by atoms with Crippen LogP contribution in [0.5, 0.6) is 0 Å². The lowest BCUT2D eigenvalue weighted by Gasteiger charge is -1.88. The van der Waals surface area contributed by atoms with Gasteiger partial charge in [0.25, 0.3) is 0 Å². The van der Waals surface area contributed by atoms with Crippen molar-refractivity contribution in [2.24, 2.45) is 5.92 Å². The molecule has 0 unspecified atom stereocenters. The fourth-order valence-corrected chi connectivity index (χ4v) is 0. The maximum absolute atomic E-state index is 3.31. The van der Waals surface area contributed by atoms with Gasteiger partial charge in [-0.3, -0.25) is 0 Å². The van der Waals surface area contributed by atoms with Crippen molar-refractivity contribution in [2.45, 2.75) is 13.8 Å². The fourth-order valence-electron chi connectivity index (χ4n) is 0. The molecule has 0 aromatic carbocycles. The molecule has 0 bridgehead atoms. The van der Waals surface area contributed by atoms with Gasteiger partial charge in [-0.05, 0) is 5.92 Å². The van der Waals surface area contributed by atoms with Crippen molar-refractivity contribution in [3.8, 4) is 0 Å². The highest BCUT2D eigenvalue weighted by Gasteiger charge is 1.81. The van der Waals surface area contributed by atoms with Crippen molar-refractivity contribution < 1.29 is 0 Å². The Morgan fingerprint density at radius 1 is 1.50 bits per heavy atom. The zero-order valence-electron chi connectivity index (χ0n) is 4.11. The molecule has 37 valence electrons. The van der Waals surface area contributed by atoms with Gasteiger partial charge in [0.05, 0.1) is 0 Å². The second kappa shape index (κ2) is 5.44. The minimum atomic E-state index is 0. The number of hydrogen-bond donors (Lipinski definition) is 0. The van der Waals surface area contributed by atoms with Crippen LogP contribution in [0.15, 0.2) is 0 Å². The summed E-state index contributed by atoms with van der Waals surface area (Å²) < 4.78 is 0. The van der Waals surface area contributed by atoms with Crippen LogP contribution in [0.3, 0.4) is 0 Å². The normalized spacial score (nSPS) is 8.00. The standard InChI is InChI=1S/C4H9Br.N/c1-4(2)3-5;/h4H,3H2,1-2H3;. The Morgan fingerprint density at radius 2 is 1.67 bits per heavy atom. The van der Waals surface area contributed by atoms with Crippen LogP contribution < -0.4 is 6.15 Å². The Morgan fingerprint density at radius 3 is 1.67 bits per heavy atom. The molecule has 0 aliphatic carbocycles. The molecule has 0 aromatic rings. The molecule has 0 heterocycles. The predicted octanol–water partition coefficient (Wildman–Crippen LogP) is 1.56. The van der Waals surface area contributed by atoms with Crippen LogP contribution in [-0.2, 0) is 0 Å². The average Bonchev–Trinajstić information content (AvgIpc) is 1.38. The summed E-state index contributed by atoms with van der Waals surface area (Å²) in [6.07, 6.45) is 0. The van der Waals surface area contributed by atoms with E-state index in [0.29, 0.717) is 0 Å². The molecule has 0 atom stereocenters. The Hall–Kier alpha value is 0.440. The molecule has 0 amide bonds. The molecule has 3 radical (unpaired) electrons. The van der Waals surface area contributed by atoms with E-state index in [-0.39, 0.29) is 6.15 Å². The Balaban J connectivity index is 0. The third-order valence-electron chi connectivity index (χ3n) is 0.309. The minimum absolute atomic E-state index is 0. The van der Waals surface area contributed by atoms with Gasteiger partial charge in [0, 0.05) is 11.5 Å². The molecular formula is C4H9BrN. The van der Waals surface area contributed by atoms with E-state index >= 15 is 0 Å². The lowest BCUT2D eigenvalue weighted by molar-refractivity contribution is 0.756. The van der Waals surface area contributed by atoms with Gasteiger partial charge in [-0.1, -0.05) is 29.8 Å². The molecule has 0 rings (SSSR count). The second-order valence-corrected chi connectivity index (χ2v) is 2.20. The summed E-state index contributed by atoms with van der Waals surface area (Å²) in [5.41, 5.74) is 0. The summed E-state index contributed by atoms with van der Waals surface area (Å²) in [4.78, 5) is 0. The van der Waals surface area contributed by atoms with Crippen LogP contribution in [0.25, 0.3) is 0 Å². The lowest BCUT2D eigenvalue weighted by atomic mass is 10.3. The highest BCUT2D eigenvalue weighted by molar-refractivity contribution is 9.09. The highest BCUT2D eigenvalue weighted by Crippen LogP contribution is 1.94. The summed E-state index contributed by atoms with van der Waals surface area (Å²) in [7, 11) is 0. The quantitative estimate of drug-likeness (QED) is 0.509.